The first kappa shape index (κ1) is 118. The summed E-state index contributed by atoms with van der Waals surface area (Å²) in [5, 5.41) is 28.0. The number of hydrogen-bond acceptors (Lipinski definition) is 24. The highest BCUT2D eigenvalue weighted by atomic mass is 28.4. The molecule has 0 aliphatic heterocycles. The maximum absolute atomic E-state index is 7.00. The Morgan fingerprint density at radius 3 is 0.404 bits per heavy atom. The molecule has 0 saturated heterocycles. The third-order valence-electron chi connectivity index (χ3n) is 8.83. The molecule has 0 aromatic rings. The van der Waals surface area contributed by atoms with Gasteiger partial charge < -0.3 is 111 Å². The van der Waals surface area contributed by atoms with Gasteiger partial charge in [-0.3, -0.25) is 0 Å². The van der Waals surface area contributed by atoms with Gasteiger partial charge >= 0.3 is 35.2 Å². The van der Waals surface area contributed by atoms with Gasteiger partial charge in [0.2, 0.25) is 0 Å². The first-order valence-corrected chi connectivity index (χ1v) is 38.2. The predicted octanol–water partition coefficient (Wildman–Crippen LogP) is 10.6. The monoisotopic (exact) mass is 1380 g/mol. The van der Waals surface area contributed by atoms with Crippen molar-refractivity contribution in [1.82, 2.24) is 0 Å². The van der Waals surface area contributed by atoms with E-state index in [1.165, 1.54) is 0 Å². The topological polar surface area (TPSA) is 266 Å². The third kappa shape index (κ3) is 101. The van der Waals surface area contributed by atoms with Crippen LogP contribution < -0.4 is 0 Å². The minimum absolute atomic E-state index is 0. The molecule has 0 saturated carbocycles. The van der Waals surface area contributed by atoms with Crippen molar-refractivity contribution < 1.29 is 111 Å². The number of rotatable bonds is 48. The molecule has 0 aliphatic rings. The Bertz CT molecular complexity index is 918. The van der Waals surface area contributed by atoms with E-state index in [9.17, 15) is 0 Å². The molecule has 28 heteroatoms. The minimum atomic E-state index is -2.41. The largest absolute Gasteiger partial charge is 0.501 e. The predicted molar refractivity (Wildman–Crippen MR) is 375 cm³/mol. The van der Waals surface area contributed by atoms with E-state index in [1.807, 2.05) is 83.1 Å². The van der Waals surface area contributed by atoms with Gasteiger partial charge in [0, 0.05) is 215 Å². The van der Waals surface area contributed by atoms with Crippen molar-refractivity contribution in [2.75, 3.05) is 217 Å². The summed E-state index contributed by atoms with van der Waals surface area (Å²) in [6, 6.07) is 3.32. The van der Waals surface area contributed by atoms with Gasteiger partial charge in [0.05, 0.1) is 26.4 Å². The van der Waals surface area contributed by atoms with Crippen LogP contribution in [0.5, 0.6) is 0 Å². The van der Waals surface area contributed by atoms with Crippen molar-refractivity contribution in [3.8, 4) is 0 Å². The second-order valence-electron chi connectivity index (χ2n) is 15.3. The van der Waals surface area contributed by atoms with Crippen LogP contribution in [-0.4, -0.2) is 273 Å². The fourth-order valence-electron chi connectivity index (χ4n) is 6.21. The second-order valence-corrected chi connectivity index (χ2v) is 26.2. The third-order valence-corrected chi connectivity index (χ3v) is 21.4. The standard InChI is InChI=1S/4C10H24O4Si.4C4H8O.4CH4O.CH4/c4*1-5-12-15(13-6-2,14-7-3)10-8-9-11-4;4*1-3-4-5-2;4*1-2;/h4*5-10H2,1-4H3;4*3H,1,4H2,2H3;4*2H,1H3;1H4. The van der Waals surface area contributed by atoms with Crippen LogP contribution in [0.2, 0.25) is 24.2 Å². The molecule has 0 bridgehead atoms. The van der Waals surface area contributed by atoms with Crippen LogP contribution in [0.1, 0.15) is 116 Å². The average Bonchev–Trinajstić information content (AvgIpc) is 3.61. The zero-order chi connectivity index (χ0) is 70.8. The summed E-state index contributed by atoms with van der Waals surface area (Å²) in [5.74, 6) is 0. The summed E-state index contributed by atoms with van der Waals surface area (Å²) in [4.78, 5) is 0. The average molecular weight is 1380 g/mol. The van der Waals surface area contributed by atoms with Crippen LogP contribution in [-0.2, 0) is 91.0 Å². The van der Waals surface area contributed by atoms with Crippen molar-refractivity contribution >= 4 is 35.2 Å². The normalized spacial score (nSPS) is 10.0. The fraction of sp³-hybridized carbons (Fsp3) is 0.869. The molecule has 0 aliphatic carbocycles. The minimum Gasteiger partial charge on any atom is -0.400 e. The van der Waals surface area contributed by atoms with E-state index in [2.05, 4.69) is 45.3 Å². The molecular formula is C61H148O24Si4. The van der Waals surface area contributed by atoms with E-state index in [-0.39, 0.29) is 7.43 Å². The van der Waals surface area contributed by atoms with Gasteiger partial charge in [-0.25, -0.2) is 0 Å². The highest BCUT2D eigenvalue weighted by molar-refractivity contribution is 6.61. The number of ether oxygens (including phenoxy) is 8. The van der Waals surface area contributed by atoms with Crippen molar-refractivity contribution in [2.45, 2.75) is 140 Å². The van der Waals surface area contributed by atoms with Crippen LogP contribution in [0, 0.1) is 0 Å². The van der Waals surface area contributed by atoms with Gasteiger partial charge in [-0.05, 0) is 109 Å². The van der Waals surface area contributed by atoms with Crippen molar-refractivity contribution in [3.63, 3.8) is 0 Å². The molecule has 0 atom stereocenters. The van der Waals surface area contributed by atoms with E-state index in [0.717, 1.165) is 105 Å². The van der Waals surface area contributed by atoms with Crippen molar-refractivity contribution in [3.05, 3.63) is 50.6 Å². The maximum atomic E-state index is 7.00. The molecule has 0 aromatic carbocycles. The SMILES string of the molecule is C.C=CCOC.C=CCOC.C=CCOC.C=CCOC.CCO[Si](CCCOC)(OCC)OCC.CCO[Si](CCCOC)(OCC)OCC.CCO[Si](CCCOC)(OCC)OCC.CCO[Si](CCCOC)(OCC)OCC.CO.CO.CO.CO. The molecular weight excluding hydrogens is 1230 g/mol. The molecule has 0 spiro atoms. The molecule has 552 valence electrons. The van der Waals surface area contributed by atoms with Gasteiger partial charge in [0.1, 0.15) is 0 Å². The molecule has 0 unspecified atom stereocenters. The van der Waals surface area contributed by atoms with E-state index >= 15 is 0 Å². The quantitative estimate of drug-likeness (QED) is 0.0251. The van der Waals surface area contributed by atoms with E-state index in [1.54, 1.807) is 81.2 Å². The lowest BCUT2D eigenvalue weighted by Crippen LogP contribution is -2.46. The van der Waals surface area contributed by atoms with E-state index in [4.69, 9.17) is 92.5 Å². The van der Waals surface area contributed by atoms with E-state index < -0.39 is 35.2 Å². The van der Waals surface area contributed by atoms with Crippen LogP contribution in [0.4, 0.5) is 0 Å². The molecule has 0 amide bonds. The van der Waals surface area contributed by atoms with Crippen LogP contribution in [0.15, 0.2) is 50.6 Å². The van der Waals surface area contributed by atoms with Crippen molar-refractivity contribution in [2.24, 2.45) is 0 Å². The molecule has 89 heavy (non-hydrogen) atoms. The van der Waals surface area contributed by atoms with Gasteiger partial charge in [-0.1, -0.05) is 31.7 Å². The van der Waals surface area contributed by atoms with Gasteiger partial charge in [0.25, 0.3) is 0 Å². The molecule has 0 rings (SSSR count). The Morgan fingerprint density at radius 2 is 0.348 bits per heavy atom. The summed E-state index contributed by atoms with van der Waals surface area (Å²) in [5.41, 5.74) is 0. The highest BCUT2D eigenvalue weighted by Crippen LogP contribution is 2.21. The smallest absolute Gasteiger partial charge is 0.400 e. The highest BCUT2D eigenvalue weighted by Gasteiger charge is 2.42. The Morgan fingerprint density at radius 1 is 0.236 bits per heavy atom. The lowest BCUT2D eigenvalue weighted by atomic mass is 10.5. The molecule has 0 radical (unpaired) electrons. The first-order valence-electron chi connectivity index (χ1n) is 30.4. The van der Waals surface area contributed by atoms with Crippen LogP contribution in [0.25, 0.3) is 0 Å². The summed E-state index contributed by atoms with van der Waals surface area (Å²) in [6.45, 7) is 50.5. The van der Waals surface area contributed by atoms with E-state index in [0.29, 0.717) is 106 Å². The van der Waals surface area contributed by atoms with Crippen LogP contribution >= 0.6 is 0 Å². The zero-order valence-electron chi connectivity index (χ0n) is 60.9. The summed E-state index contributed by atoms with van der Waals surface area (Å²) >= 11 is 0. The molecule has 0 aromatic heterocycles. The molecule has 4 N–H and O–H groups in total. The zero-order valence-corrected chi connectivity index (χ0v) is 64.9. The number of aliphatic hydroxyl groups excluding tert-OH is 4. The molecule has 0 heterocycles. The number of hydrogen-bond donors (Lipinski definition) is 4. The van der Waals surface area contributed by atoms with Crippen molar-refractivity contribution in [1.29, 1.82) is 0 Å². The fourth-order valence-corrected chi connectivity index (χ4v) is 16.5. The van der Waals surface area contributed by atoms with Gasteiger partial charge in [0.15, 0.2) is 0 Å². The summed E-state index contributed by atoms with van der Waals surface area (Å²) in [7, 11) is 7.71. The molecule has 24 nitrogen and oxygen atoms in total. The lowest BCUT2D eigenvalue weighted by molar-refractivity contribution is 0.0675. The summed E-state index contributed by atoms with van der Waals surface area (Å²) in [6.07, 6.45) is 10.5. The Labute approximate surface area is 552 Å². The Balaban J connectivity index is -0.0000000686. The number of methoxy groups -OCH3 is 8. The maximum Gasteiger partial charge on any atom is 0.501 e. The summed E-state index contributed by atoms with van der Waals surface area (Å²) < 4.78 is 107. The lowest BCUT2D eigenvalue weighted by Gasteiger charge is -2.28. The van der Waals surface area contributed by atoms with Gasteiger partial charge in [-0.2, -0.15) is 0 Å². The second kappa shape index (κ2) is 114. The Hall–Kier alpha value is -1.13. The van der Waals surface area contributed by atoms with Crippen LogP contribution in [0.3, 0.4) is 0 Å². The molecule has 0 fully saturated rings. The first-order chi connectivity index (χ1) is 42.6. The Kier molecular flexibility index (Phi) is 152. The number of aliphatic hydroxyl groups is 4. The van der Waals surface area contributed by atoms with Gasteiger partial charge in [-0.15, -0.1) is 26.3 Å².